The summed E-state index contributed by atoms with van der Waals surface area (Å²) in [5.41, 5.74) is 2.30. The molecule has 3 aliphatic rings. The van der Waals surface area contributed by atoms with E-state index in [-0.39, 0.29) is 37.8 Å². The first kappa shape index (κ1) is 23.0. The number of aliphatic hydroxyl groups is 2. The molecule has 1 saturated heterocycles. The van der Waals surface area contributed by atoms with Gasteiger partial charge in [-0.15, -0.1) is 0 Å². The van der Waals surface area contributed by atoms with Crippen LogP contribution in [0.4, 0.5) is 0 Å². The van der Waals surface area contributed by atoms with Crippen LogP contribution < -0.4 is 23.7 Å². The van der Waals surface area contributed by atoms with Crippen LogP contribution in [0.5, 0.6) is 28.7 Å². The largest absolute Gasteiger partial charge is 0.493 e. The van der Waals surface area contributed by atoms with Gasteiger partial charge < -0.3 is 38.6 Å². The third-order valence-corrected chi connectivity index (χ3v) is 6.19. The van der Waals surface area contributed by atoms with Crippen molar-refractivity contribution in [2.45, 2.75) is 18.9 Å². The second-order valence-corrected chi connectivity index (χ2v) is 7.85. The molecule has 2 heterocycles. The lowest BCUT2D eigenvalue weighted by Crippen LogP contribution is -2.34. The van der Waals surface area contributed by atoms with Crippen molar-refractivity contribution in [2.75, 3.05) is 41.3 Å². The zero-order valence-electron chi connectivity index (χ0n) is 19.0. The Hall–Kier alpha value is -3.17. The molecule has 2 aliphatic heterocycles. The summed E-state index contributed by atoms with van der Waals surface area (Å²) in [6.45, 7) is 2.22. The number of hydrogen-bond acceptors (Lipinski definition) is 9. The maximum atomic E-state index is 12.7. The molecule has 5 rings (SSSR count). The van der Waals surface area contributed by atoms with Crippen molar-refractivity contribution in [1.82, 2.24) is 0 Å². The molecule has 0 amide bonds. The predicted molar refractivity (Wildman–Crippen MR) is 116 cm³/mol. The minimum absolute atomic E-state index is 0.123. The zero-order chi connectivity index (χ0) is 23.7. The minimum atomic E-state index is -0.843. The molecule has 0 aromatic heterocycles. The molecule has 1 fully saturated rings. The number of methoxy groups -OCH3 is 3. The summed E-state index contributed by atoms with van der Waals surface area (Å²) in [5.74, 6) is 0.989. The van der Waals surface area contributed by atoms with E-state index in [2.05, 4.69) is 0 Å². The number of hydrogen-bond donors (Lipinski definition) is 2. The SMILES string of the molecule is CCO.COc1cc([C@@H]2c3cc4c(cc3[C@H](O)[C@H]3COC(=O)[C@H]23)OCO4)cc(OC)c1OC. The summed E-state index contributed by atoms with van der Waals surface area (Å²) in [7, 11) is 4.63. The first-order chi connectivity index (χ1) is 16.0. The Morgan fingerprint density at radius 2 is 1.52 bits per heavy atom. The van der Waals surface area contributed by atoms with Gasteiger partial charge in [0, 0.05) is 18.4 Å². The molecule has 1 aliphatic carbocycles. The number of benzene rings is 2. The van der Waals surface area contributed by atoms with Crippen molar-refractivity contribution in [3.05, 3.63) is 41.0 Å². The van der Waals surface area contributed by atoms with E-state index in [1.54, 1.807) is 27.2 Å². The fourth-order valence-corrected chi connectivity index (χ4v) is 4.81. The van der Waals surface area contributed by atoms with Gasteiger partial charge in [0.25, 0.3) is 0 Å². The molecule has 9 nitrogen and oxygen atoms in total. The summed E-state index contributed by atoms with van der Waals surface area (Å²) in [6.07, 6.45) is -0.843. The minimum Gasteiger partial charge on any atom is -0.493 e. The summed E-state index contributed by atoms with van der Waals surface area (Å²) < 4.78 is 32.9. The Kier molecular flexibility index (Phi) is 6.53. The fraction of sp³-hybridized carbons (Fsp3) is 0.458. The second-order valence-electron chi connectivity index (χ2n) is 7.85. The molecule has 0 radical (unpaired) electrons. The van der Waals surface area contributed by atoms with Gasteiger partial charge >= 0.3 is 5.97 Å². The van der Waals surface area contributed by atoms with E-state index in [0.29, 0.717) is 34.3 Å². The highest BCUT2D eigenvalue weighted by atomic mass is 16.7. The monoisotopic (exact) mass is 460 g/mol. The van der Waals surface area contributed by atoms with E-state index in [1.807, 2.05) is 18.2 Å². The summed E-state index contributed by atoms with van der Waals surface area (Å²) in [6, 6.07) is 7.31. The Morgan fingerprint density at radius 1 is 0.939 bits per heavy atom. The summed E-state index contributed by atoms with van der Waals surface area (Å²) in [4.78, 5) is 12.7. The van der Waals surface area contributed by atoms with Crippen LogP contribution in [0.1, 0.15) is 35.6 Å². The van der Waals surface area contributed by atoms with E-state index in [9.17, 15) is 9.90 Å². The second kappa shape index (κ2) is 9.36. The molecule has 2 aromatic rings. The number of carbonyl (C=O) groups is 1. The average Bonchev–Trinajstić information content (AvgIpc) is 3.44. The molecule has 9 heteroatoms. The van der Waals surface area contributed by atoms with Crippen LogP contribution in [0.15, 0.2) is 24.3 Å². The van der Waals surface area contributed by atoms with Crippen molar-refractivity contribution >= 4 is 5.97 Å². The standard InChI is InChI=1S/C22H22O8.C2H6O/c1-25-16-4-10(5-17(26-2)21(16)27-3)18-11-6-14-15(30-9-29-14)7-12(11)20(23)13-8-28-22(24)19(13)18;1-2-3/h4-7,13,18-20,23H,8-9H2,1-3H3;3H,2H2,1H3/t13-,18+,19-,20-;/m0./s1. The number of fused-ring (bicyclic) bond motifs is 3. The maximum Gasteiger partial charge on any atom is 0.310 e. The topological polar surface area (TPSA) is 113 Å². The highest BCUT2D eigenvalue weighted by molar-refractivity contribution is 5.79. The first-order valence-corrected chi connectivity index (χ1v) is 10.7. The Morgan fingerprint density at radius 3 is 2.06 bits per heavy atom. The molecule has 178 valence electrons. The molecule has 2 aromatic carbocycles. The Balaban J connectivity index is 0.000000821. The lowest BCUT2D eigenvalue weighted by atomic mass is 9.66. The van der Waals surface area contributed by atoms with Crippen molar-refractivity contribution in [1.29, 1.82) is 0 Å². The van der Waals surface area contributed by atoms with Gasteiger partial charge in [0.2, 0.25) is 12.5 Å². The lowest BCUT2D eigenvalue weighted by Gasteiger charge is -2.37. The number of aliphatic hydroxyl groups excluding tert-OH is 2. The number of esters is 1. The molecule has 0 saturated carbocycles. The van der Waals surface area contributed by atoms with Gasteiger partial charge in [-0.2, -0.15) is 0 Å². The van der Waals surface area contributed by atoms with Crippen molar-refractivity contribution in [2.24, 2.45) is 11.8 Å². The Labute approximate surface area is 191 Å². The molecular weight excluding hydrogens is 432 g/mol. The van der Waals surface area contributed by atoms with Gasteiger partial charge in [0.1, 0.15) is 0 Å². The van der Waals surface area contributed by atoms with Crippen LogP contribution >= 0.6 is 0 Å². The molecule has 2 N–H and O–H groups in total. The van der Waals surface area contributed by atoms with Crippen LogP contribution in [0.25, 0.3) is 0 Å². The van der Waals surface area contributed by atoms with E-state index in [1.165, 1.54) is 7.11 Å². The first-order valence-electron chi connectivity index (χ1n) is 10.7. The van der Waals surface area contributed by atoms with E-state index in [4.69, 9.17) is 33.5 Å². The van der Waals surface area contributed by atoms with E-state index >= 15 is 0 Å². The van der Waals surface area contributed by atoms with Gasteiger partial charge in [-0.1, -0.05) is 0 Å². The Bertz CT molecular complexity index is 1010. The van der Waals surface area contributed by atoms with Gasteiger partial charge in [-0.3, -0.25) is 4.79 Å². The smallest absolute Gasteiger partial charge is 0.310 e. The van der Waals surface area contributed by atoms with E-state index < -0.39 is 12.0 Å². The van der Waals surface area contributed by atoms with E-state index in [0.717, 1.165) is 11.1 Å². The number of carbonyl (C=O) groups excluding carboxylic acids is 1. The normalized spacial score (nSPS) is 24.1. The van der Waals surface area contributed by atoms with Crippen LogP contribution in [-0.4, -0.2) is 57.5 Å². The van der Waals surface area contributed by atoms with Crippen LogP contribution in [0.2, 0.25) is 0 Å². The number of ether oxygens (including phenoxy) is 6. The van der Waals surface area contributed by atoms with Crippen molar-refractivity contribution in [3.8, 4) is 28.7 Å². The number of rotatable bonds is 4. The highest BCUT2D eigenvalue weighted by Crippen LogP contribution is 2.55. The quantitative estimate of drug-likeness (QED) is 0.664. The molecule has 0 unspecified atom stereocenters. The zero-order valence-corrected chi connectivity index (χ0v) is 19.0. The summed E-state index contributed by atoms with van der Waals surface area (Å²) in [5, 5.41) is 18.6. The summed E-state index contributed by atoms with van der Waals surface area (Å²) >= 11 is 0. The third kappa shape index (κ3) is 3.81. The van der Waals surface area contributed by atoms with Crippen LogP contribution in [-0.2, 0) is 9.53 Å². The van der Waals surface area contributed by atoms with Crippen LogP contribution in [0, 0.1) is 11.8 Å². The predicted octanol–water partition coefficient (Wildman–Crippen LogP) is 2.41. The van der Waals surface area contributed by atoms with Crippen molar-refractivity contribution in [3.63, 3.8) is 0 Å². The molecule has 4 atom stereocenters. The van der Waals surface area contributed by atoms with Crippen LogP contribution in [0.3, 0.4) is 0 Å². The molecule has 33 heavy (non-hydrogen) atoms. The maximum absolute atomic E-state index is 12.7. The van der Waals surface area contributed by atoms with Gasteiger partial charge in [0.05, 0.1) is 40.0 Å². The fourth-order valence-electron chi connectivity index (χ4n) is 4.81. The van der Waals surface area contributed by atoms with Crippen molar-refractivity contribution < 1.29 is 43.4 Å². The highest BCUT2D eigenvalue weighted by Gasteiger charge is 2.52. The van der Waals surface area contributed by atoms with Gasteiger partial charge in [-0.25, -0.2) is 0 Å². The molecule has 0 spiro atoms. The molecule has 0 bridgehead atoms. The van der Waals surface area contributed by atoms with Gasteiger partial charge in [0.15, 0.2) is 23.0 Å². The van der Waals surface area contributed by atoms with Gasteiger partial charge in [-0.05, 0) is 47.9 Å². The average molecular weight is 460 g/mol. The third-order valence-electron chi connectivity index (χ3n) is 6.19. The lowest BCUT2D eigenvalue weighted by molar-refractivity contribution is -0.141. The number of cyclic esters (lactones) is 1. The molecular formula is C24H28O9.